The number of anilines is 1. The van der Waals surface area contributed by atoms with Crippen LogP contribution in [0.3, 0.4) is 0 Å². The number of carbonyl (C=O) groups excluding carboxylic acids is 1. The first-order valence-electron chi connectivity index (χ1n) is 10.6. The number of hydrogen-bond donors (Lipinski definition) is 0. The van der Waals surface area contributed by atoms with Crippen LogP contribution in [0, 0.1) is 0 Å². The molecule has 1 amide bonds. The molecule has 1 unspecified atom stereocenters. The number of methoxy groups -OCH3 is 2. The lowest BCUT2D eigenvalue weighted by Crippen LogP contribution is -2.38. The molecule has 0 radical (unpaired) electrons. The van der Waals surface area contributed by atoms with Gasteiger partial charge in [0.2, 0.25) is 5.91 Å². The van der Waals surface area contributed by atoms with E-state index in [1.165, 1.54) is 30.6 Å². The molecule has 4 rings (SSSR count). The Morgan fingerprint density at radius 1 is 1.18 bits per heavy atom. The molecule has 33 heavy (non-hydrogen) atoms. The molecule has 0 aliphatic carbocycles. The predicted octanol–water partition coefficient (Wildman–Crippen LogP) is 3.69. The van der Waals surface area contributed by atoms with Gasteiger partial charge in [-0.1, -0.05) is 17.4 Å². The summed E-state index contributed by atoms with van der Waals surface area (Å²) in [5.41, 5.74) is 0.677. The van der Waals surface area contributed by atoms with E-state index >= 15 is 0 Å². The Labute approximate surface area is 197 Å². The first kappa shape index (κ1) is 23.5. The van der Waals surface area contributed by atoms with Gasteiger partial charge in [-0.2, -0.15) is 0 Å². The number of rotatable bonds is 9. The van der Waals surface area contributed by atoms with Crippen molar-refractivity contribution in [2.75, 3.05) is 38.0 Å². The maximum absolute atomic E-state index is 13.3. The van der Waals surface area contributed by atoms with Crippen LogP contribution in [0.25, 0.3) is 10.2 Å². The van der Waals surface area contributed by atoms with Crippen molar-refractivity contribution in [2.45, 2.75) is 30.3 Å². The van der Waals surface area contributed by atoms with E-state index in [9.17, 15) is 13.2 Å². The Morgan fingerprint density at radius 2 is 1.97 bits per heavy atom. The van der Waals surface area contributed by atoms with Crippen LogP contribution >= 0.6 is 11.3 Å². The summed E-state index contributed by atoms with van der Waals surface area (Å²) >= 11 is 1.38. The van der Waals surface area contributed by atoms with E-state index in [2.05, 4.69) is 4.98 Å². The van der Waals surface area contributed by atoms with Crippen molar-refractivity contribution in [1.29, 1.82) is 0 Å². The molecule has 0 bridgehead atoms. The third kappa shape index (κ3) is 5.29. The molecule has 1 atom stereocenters. The molecular formula is C23H26N2O6S2. The normalized spacial score (nSPS) is 16.1. The van der Waals surface area contributed by atoms with Crippen LogP contribution in [0.1, 0.15) is 19.3 Å². The van der Waals surface area contributed by atoms with Crippen molar-refractivity contribution >= 4 is 42.4 Å². The van der Waals surface area contributed by atoms with E-state index in [-0.39, 0.29) is 29.1 Å². The minimum atomic E-state index is -3.63. The summed E-state index contributed by atoms with van der Waals surface area (Å²) in [6, 6.07) is 11.8. The van der Waals surface area contributed by atoms with Gasteiger partial charge in [-0.3, -0.25) is 9.69 Å². The Balaban J connectivity index is 1.56. The number of amides is 1. The molecule has 10 heteroatoms. The molecule has 0 N–H and O–H groups in total. The summed E-state index contributed by atoms with van der Waals surface area (Å²) in [5.74, 6) is 0.593. The molecule has 1 saturated heterocycles. The molecule has 8 nitrogen and oxygen atoms in total. The fraction of sp³-hybridized carbons (Fsp3) is 0.391. The largest absolute Gasteiger partial charge is 0.497 e. The van der Waals surface area contributed by atoms with Crippen LogP contribution < -0.4 is 14.4 Å². The van der Waals surface area contributed by atoms with Gasteiger partial charge in [-0.15, -0.1) is 0 Å². The monoisotopic (exact) mass is 490 g/mol. The minimum absolute atomic E-state index is 0.0962. The molecule has 2 heterocycles. The van der Waals surface area contributed by atoms with Gasteiger partial charge in [0.25, 0.3) is 0 Å². The second-order valence-electron chi connectivity index (χ2n) is 7.69. The number of benzene rings is 2. The molecule has 0 saturated carbocycles. The molecule has 176 valence electrons. The highest BCUT2D eigenvalue weighted by Gasteiger charge is 2.28. The zero-order valence-electron chi connectivity index (χ0n) is 18.5. The first-order chi connectivity index (χ1) is 15.9. The third-order valence-electron chi connectivity index (χ3n) is 5.54. The maximum atomic E-state index is 13.3. The number of carbonyl (C=O) groups is 1. The summed E-state index contributed by atoms with van der Waals surface area (Å²) in [6.07, 6.45) is 1.53. The maximum Gasteiger partial charge on any atom is 0.229 e. The van der Waals surface area contributed by atoms with E-state index in [4.69, 9.17) is 14.2 Å². The SMILES string of the molecule is COc1ccc(S(=O)(=O)CCC(=O)N(CC2CCCO2)c2nc3c(OC)cccc3s2)cc1. The van der Waals surface area contributed by atoms with Crippen molar-refractivity contribution in [3.63, 3.8) is 0 Å². The molecule has 0 spiro atoms. The third-order valence-corrected chi connectivity index (χ3v) is 8.31. The van der Waals surface area contributed by atoms with E-state index in [0.717, 1.165) is 17.5 Å². The minimum Gasteiger partial charge on any atom is -0.497 e. The van der Waals surface area contributed by atoms with Gasteiger partial charge in [-0.05, 0) is 49.2 Å². The molecule has 1 aliphatic heterocycles. The standard InChI is InChI=1S/C23H26N2O6S2/c1-29-16-8-10-18(11-9-16)33(27,28)14-12-21(26)25(15-17-5-4-13-31-17)23-24-22-19(30-2)6-3-7-20(22)32-23/h3,6-11,17H,4-5,12-15H2,1-2H3. The summed E-state index contributed by atoms with van der Waals surface area (Å²) in [6.45, 7) is 0.996. The smallest absolute Gasteiger partial charge is 0.229 e. The zero-order valence-corrected chi connectivity index (χ0v) is 20.2. The van der Waals surface area contributed by atoms with Crippen LogP contribution in [0.2, 0.25) is 0 Å². The average molecular weight is 491 g/mol. The van der Waals surface area contributed by atoms with Crippen LogP contribution in [0.5, 0.6) is 11.5 Å². The second-order valence-corrected chi connectivity index (χ2v) is 10.8. The van der Waals surface area contributed by atoms with E-state index in [1.54, 1.807) is 24.1 Å². The van der Waals surface area contributed by atoms with E-state index < -0.39 is 9.84 Å². The van der Waals surface area contributed by atoms with Gasteiger partial charge in [0, 0.05) is 13.0 Å². The van der Waals surface area contributed by atoms with Crippen molar-refractivity contribution in [2.24, 2.45) is 0 Å². The zero-order chi connectivity index (χ0) is 23.4. The van der Waals surface area contributed by atoms with Crippen molar-refractivity contribution in [1.82, 2.24) is 4.98 Å². The molecule has 1 aliphatic rings. The number of aromatic nitrogens is 1. The number of para-hydroxylation sites is 1. The molecule has 3 aromatic rings. The van der Waals surface area contributed by atoms with Crippen molar-refractivity contribution < 1.29 is 27.4 Å². The first-order valence-corrected chi connectivity index (χ1v) is 13.1. The fourth-order valence-electron chi connectivity index (χ4n) is 3.73. The predicted molar refractivity (Wildman–Crippen MR) is 127 cm³/mol. The Hall–Kier alpha value is -2.69. The quantitative estimate of drug-likeness (QED) is 0.451. The topological polar surface area (TPSA) is 95.0 Å². The second kappa shape index (κ2) is 10.1. The van der Waals surface area contributed by atoms with Crippen LogP contribution in [0.15, 0.2) is 47.4 Å². The number of sulfone groups is 1. The van der Waals surface area contributed by atoms with Crippen LogP contribution in [-0.4, -0.2) is 58.5 Å². The number of hydrogen-bond acceptors (Lipinski definition) is 8. The van der Waals surface area contributed by atoms with Crippen molar-refractivity contribution in [3.05, 3.63) is 42.5 Å². The number of thiazole rings is 1. The van der Waals surface area contributed by atoms with E-state index in [0.29, 0.717) is 35.3 Å². The molecule has 1 aromatic heterocycles. The van der Waals surface area contributed by atoms with Crippen LogP contribution in [-0.2, 0) is 19.4 Å². The Kier molecular flexibility index (Phi) is 7.16. The van der Waals surface area contributed by atoms with Gasteiger partial charge in [-0.25, -0.2) is 13.4 Å². The lowest BCUT2D eigenvalue weighted by atomic mass is 10.2. The highest BCUT2D eigenvalue weighted by atomic mass is 32.2. The summed E-state index contributed by atoms with van der Waals surface area (Å²) < 4.78 is 42.7. The van der Waals surface area contributed by atoms with Gasteiger partial charge < -0.3 is 14.2 Å². The highest BCUT2D eigenvalue weighted by molar-refractivity contribution is 7.91. The van der Waals surface area contributed by atoms with Crippen LogP contribution in [0.4, 0.5) is 5.13 Å². The molecule has 2 aromatic carbocycles. The number of nitrogens with zero attached hydrogens (tertiary/aromatic N) is 2. The Morgan fingerprint density at radius 3 is 2.64 bits per heavy atom. The van der Waals surface area contributed by atoms with Gasteiger partial charge >= 0.3 is 0 Å². The lowest BCUT2D eigenvalue weighted by Gasteiger charge is -2.23. The summed E-state index contributed by atoms with van der Waals surface area (Å²) in [5, 5.41) is 0.511. The highest BCUT2D eigenvalue weighted by Crippen LogP contribution is 2.35. The van der Waals surface area contributed by atoms with Gasteiger partial charge in [0.05, 0.1) is 42.2 Å². The fourth-order valence-corrected chi connectivity index (χ4v) is 5.97. The molecular weight excluding hydrogens is 464 g/mol. The van der Waals surface area contributed by atoms with E-state index in [1.807, 2.05) is 18.2 Å². The molecule has 1 fully saturated rings. The number of fused-ring (bicyclic) bond motifs is 1. The summed E-state index contributed by atoms with van der Waals surface area (Å²) in [4.78, 5) is 19.6. The lowest BCUT2D eigenvalue weighted by molar-refractivity contribution is -0.118. The Bertz CT molecular complexity index is 1220. The average Bonchev–Trinajstić information content (AvgIpc) is 3.50. The number of ether oxygens (including phenoxy) is 3. The van der Waals surface area contributed by atoms with Crippen molar-refractivity contribution in [3.8, 4) is 11.5 Å². The van der Waals surface area contributed by atoms with Gasteiger partial charge in [0.1, 0.15) is 17.0 Å². The summed E-state index contributed by atoms with van der Waals surface area (Å²) in [7, 11) is -0.537. The van der Waals surface area contributed by atoms with Gasteiger partial charge in [0.15, 0.2) is 15.0 Å².